The summed E-state index contributed by atoms with van der Waals surface area (Å²) in [5.41, 5.74) is 0.277. The highest BCUT2D eigenvalue weighted by molar-refractivity contribution is 6.36. The normalized spacial score (nSPS) is 15.5. The number of likely N-dealkylation sites (tertiary alicyclic amines) is 1. The molecule has 144 valence electrons. The van der Waals surface area contributed by atoms with Crippen molar-refractivity contribution >= 4 is 35.0 Å². The van der Waals surface area contributed by atoms with Crippen LogP contribution in [0.3, 0.4) is 0 Å². The second-order valence-electron chi connectivity index (χ2n) is 6.39. The molecule has 0 saturated carbocycles. The zero-order valence-electron chi connectivity index (χ0n) is 14.7. The van der Waals surface area contributed by atoms with Gasteiger partial charge in [-0.2, -0.15) is 0 Å². The van der Waals surface area contributed by atoms with Crippen LogP contribution in [0.2, 0.25) is 10.0 Å². The van der Waals surface area contributed by atoms with Crippen LogP contribution in [0.15, 0.2) is 41.0 Å². The molecule has 2 heterocycles. The molecule has 1 aromatic carbocycles. The minimum Gasteiger partial charge on any atom is -0.468 e. The van der Waals surface area contributed by atoms with E-state index in [2.05, 4.69) is 15.5 Å². The first-order valence-electron chi connectivity index (χ1n) is 8.82. The van der Waals surface area contributed by atoms with Gasteiger partial charge in [-0.05, 0) is 56.3 Å². The summed E-state index contributed by atoms with van der Waals surface area (Å²) in [4.78, 5) is 26.6. The molecule has 1 unspecified atom stereocenters. The Balaban J connectivity index is 1.51. The number of nitrogens with one attached hydrogen (secondary N) is 2. The molecule has 1 saturated heterocycles. The van der Waals surface area contributed by atoms with E-state index in [9.17, 15) is 9.59 Å². The lowest BCUT2D eigenvalue weighted by atomic mass is 10.2. The smallest absolute Gasteiger partial charge is 0.253 e. The van der Waals surface area contributed by atoms with Crippen LogP contribution < -0.4 is 10.6 Å². The van der Waals surface area contributed by atoms with Gasteiger partial charge >= 0.3 is 0 Å². The van der Waals surface area contributed by atoms with Gasteiger partial charge in [0, 0.05) is 11.6 Å². The van der Waals surface area contributed by atoms with Crippen molar-refractivity contribution in [2.45, 2.75) is 18.9 Å². The molecule has 3 rings (SSSR count). The van der Waals surface area contributed by atoms with Crippen LogP contribution in [0, 0.1) is 0 Å². The van der Waals surface area contributed by atoms with E-state index in [1.165, 1.54) is 12.1 Å². The molecule has 0 bridgehead atoms. The average Bonchev–Trinajstić information content (AvgIpc) is 3.34. The Labute approximate surface area is 167 Å². The Kier molecular flexibility index (Phi) is 6.77. The Morgan fingerprint density at radius 2 is 1.93 bits per heavy atom. The number of amides is 2. The maximum Gasteiger partial charge on any atom is 0.253 e. The van der Waals surface area contributed by atoms with Gasteiger partial charge in [0.1, 0.15) is 5.76 Å². The molecular formula is C19H21Cl2N3O3. The zero-order valence-corrected chi connectivity index (χ0v) is 16.2. The third-order valence-electron chi connectivity index (χ3n) is 4.53. The van der Waals surface area contributed by atoms with Crippen molar-refractivity contribution in [2.24, 2.45) is 0 Å². The summed E-state index contributed by atoms with van der Waals surface area (Å²) in [5, 5.41) is 6.13. The van der Waals surface area contributed by atoms with Crippen molar-refractivity contribution in [3.8, 4) is 0 Å². The quantitative estimate of drug-likeness (QED) is 0.735. The summed E-state index contributed by atoms with van der Waals surface area (Å²) in [6.07, 6.45) is 3.92. The van der Waals surface area contributed by atoms with E-state index in [-0.39, 0.29) is 29.1 Å². The molecule has 0 spiro atoms. The van der Waals surface area contributed by atoms with Crippen molar-refractivity contribution in [3.63, 3.8) is 0 Å². The number of nitrogens with zero attached hydrogens (tertiary/aromatic N) is 1. The van der Waals surface area contributed by atoms with Gasteiger partial charge < -0.3 is 15.1 Å². The molecule has 2 amide bonds. The zero-order chi connectivity index (χ0) is 19.2. The summed E-state index contributed by atoms with van der Waals surface area (Å²) >= 11 is 11.8. The van der Waals surface area contributed by atoms with Crippen LogP contribution in [0.5, 0.6) is 0 Å². The third kappa shape index (κ3) is 5.25. The van der Waals surface area contributed by atoms with E-state index in [0.29, 0.717) is 11.6 Å². The summed E-state index contributed by atoms with van der Waals surface area (Å²) in [6.45, 7) is 2.24. The van der Waals surface area contributed by atoms with Crippen molar-refractivity contribution in [1.82, 2.24) is 15.5 Å². The van der Waals surface area contributed by atoms with Crippen molar-refractivity contribution in [3.05, 3.63) is 58.0 Å². The molecule has 1 aliphatic heterocycles. The summed E-state index contributed by atoms with van der Waals surface area (Å²) in [5.74, 6) is 0.132. The minimum atomic E-state index is -0.422. The van der Waals surface area contributed by atoms with Crippen LogP contribution >= 0.6 is 23.2 Å². The first-order chi connectivity index (χ1) is 13.0. The van der Waals surface area contributed by atoms with E-state index < -0.39 is 5.91 Å². The van der Waals surface area contributed by atoms with Crippen molar-refractivity contribution in [1.29, 1.82) is 0 Å². The predicted molar refractivity (Wildman–Crippen MR) is 104 cm³/mol. The van der Waals surface area contributed by atoms with Gasteiger partial charge in [0.05, 0.1) is 29.4 Å². The fourth-order valence-electron chi connectivity index (χ4n) is 3.15. The van der Waals surface area contributed by atoms with Crippen molar-refractivity contribution in [2.75, 3.05) is 26.2 Å². The molecule has 8 heteroatoms. The number of hydrogen-bond acceptors (Lipinski definition) is 4. The van der Waals surface area contributed by atoms with Gasteiger partial charge in [0.2, 0.25) is 5.91 Å². The van der Waals surface area contributed by atoms with E-state index in [0.717, 1.165) is 31.7 Å². The van der Waals surface area contributed by atoms with Gasteiger partial charge in [-0.3, -0.25) is 14.5 Å². The molecule has 2 aromatic rings. The lowest BCUT2D eigenvalue weighted by molar-refractivity contribution is -0.120. The van der Waals surface area contributed by atoms with E-state index in [1.807, 2.05) is 12.1 Å². The SMILES string of the molecule is O=C(CNC(=O)c1ccc(Cl)cc1Cl)NCC(c1ccco1)N1CCCC1. The second kappa shape index (κ2) is 9.26. The first kappa shape index (κ1) is 19.7. The summed E-state index contributed by atoms with van der Waals surface area (Å²) < 4.78 is 5.53. The van der Waals surface area contributed by atoms with Gasteiger partial charge in [-0.15, -0.1) is 0 Å². The third-order valence-corrected chi connectivity index (χ3v) is 5.08. The molecule has 1 fully saturated rings. The fraction of sp³-hybridized carbons (Fsp3) is 0.368. The highest BCUT2D eigenvalue weighted by atomic mass is 35.5. The van der Waals surface area contributed by atoms with Crippen LogP contribution in [0.4, 0.5) is 0 Å². The number of carbonyl (C=O) groups excluding carboxylic acids is 2. The highest BCUT2D eigenvalue weighted by Gasteiger charge is 2.26. The largest absolute Gasteiger partial charge is 0.468 e. The lowest BCUT2D eigenvalue weighted by Gasteiger charge is -2.26. The van der Waals surface area contributed by atoms with Crippen LogP contribution in [-0.4, -0.2) is 42.9 Å². The number of rotatable bonds is 7. The average molecular weight is 410 g/mol. The van der Waals surface area contributed by atoms with Crippen LogP contribution in [0.25, 0.3) is 0 Å². The van der Waals surface area contributed by atoms with Gasteiger partial charge in [0.15, 0.2) is 0 Å². The maximum absolute atomic E-state index is 12.2. The van der Waals surface area contributed by atoms with E-state index >= 15 is 0 Å². The summed E-state index contributed by atoms with van der Waals surface area (Å²) in [6, 6.07) is 8.34. The highest BCUT2D eigenvalue weighted by Crippen LogP contribution is 2.25. The molecule has 0 radical (unpaired) electrons. The van der Waals surface area contributed by atoms with Gasteiger partial charge in [0.25, 0.3) is 5.91 Å². The van der Waals surface area contributed by atoms with Crippen LogP contribution in [-0.2, 0) is 4.79 Å². The number of furan rings is 1. The molecule has 2 N–H and O–H groups in total. The first-order valence-corrected chi connectivity index (χ1v) is 9.57. The Hall–Kier alpha value is -2.02. The molecule has 1 aliphatic rings. The van der Waals surface area contributed by atoms with Gasteiger partial charge in [-0.1, -0.05) is 23.2 Å². The molecule has 6 nitrogen and oxygen atoms in total. The molecule has 0 aliphatic carbocycles. The summed E-state index contributed by atoms with van der Waals surface area (Å²) in [7, 11) is 0. The Morgan fingerprint density at radius 1 is 1.15 bits per heavy atom. The van der Waals surface area contributed by atoms with Crippen molar-refractivity contribution < 1.29 is 14.0 Å². The molecule has 27 heavy (non-hydrogen) atoms. The Bertz CT molecular complexity index is 790. The van der Waals surface area contributed by atoms with Gasteiger partial charge in [-0.25, -0.2) is 0 Å². The fourth-order valence-corrected chi connectivity index (χ4v) is 3.64. The topological polar surface area (TPSA) is 74.6 Å². The Morgan fingerprint density at radius 3 is 2.59 bits per heavy atom. The van der Waals surface area contributed by atoms with E-state index in [1.54, 1.807) is 12.3 Å². The van der Waals surface area contributed by atoms with E-state index in [4.69, 9.17) is 27.6 Å². The number of halogens is 2. The maximum atomic E-state index is 12.2. The minimum absolute atomic E-state index is 0.00661. The lowest BCUT2D eigenvalue weighted by Crippen LogP contribution is -2.41. The molecule has 1 aromatic heterocycles. The molecular weight excluding hydrogens is 389 g/mol. The number of hydrogen-bond donors (Lipinski definition) is 2. The monoisotopic (exact) mass is 409 g/mol. The number of carbonyl (C=O) groups is 2. The standard InChI is InChI=1S/C19H21Cl2N3O3/c20-13-5-6-14(15(21)10-13)19(26)23-12-18(25)22-11-16(17-4-3-9-27-17)24-7-1-2-8-24/h3-6,9-10,16H,1-2,7-8,11-12H2,(H,22,25)(H,23,26). The number of benzene rings is 1. The second-order valence-corrected chi connectivity index (χ2v) is 7.23. The van der Waals surface area contributed by atoms with Crippen LogP contribution in [0.1, 0.15) is 35.0 Å². The molecule has 1 atom stereocenters. The predicted octanol–water partition coefficient (Wildman–Crippen LogP) is 3.27.